The van der Waals surface area contributed by atoms with Crippen LogP contribution in [0.25, 0.3) is 0 Å². The van der Waals surface area contributed by atoms with Crippen LogP contribution in [0.5, 0.6) is 11.6 Å². The first-order valence-electron chi connectivity index (χ1n) is 6.39. The number of nitrogens with one attached hydrogen (secondary N) is 1. The Bertz CT molecular complexity index is 550. The highest BCUT2D eigenvalue weighted by molar-refractivity contribution is 5.35. The smallest absolute Gasteiger partial charge is 0.225 e. The average Bonchev–Trinajstić information content (AvgIpc) is 2.38. The Morgan fingerprint density at radius 2 is 1.79 bits per heavy atom. The van der Waals surface area contributed by atoms with Crippen LogP contribution in [0, 0.1) is 6.92 Å². The molecule has 1 heterocycles. The van der Waals surface area contributed by atoms with Crippen LogP contribution in [-0.2, 0) is 0 Å². The molecule has 4 nitrogen and oxygen atoms in total. The molecule has 0 radical (unpaired) electrons. The quantitative estimate of drug-likeness (QED) is 0.906. The molecular formula is C15H19N3O. The minimum atomic E-state index is 0.520. The van der Waals surface area contributed by atoms with Crippen LogP contribution in [0.2, 0.25) is 0 Å². The van der Waals surface area contributed by atoms with Gasteiger partial charge in [-0.05, 0) is 30.5 Å². The minimum absolute atomic E-state index is 0.520. The van der Waals surface area contributed by atoms with E-state index in [0.29, 0.717) is 17.7 Å². The van der Waals surface area contributed by atoms with E-state index in [4.69, 9.17) is 4.74 Å². The number of ether oxygens (including phenoxy) is 1. The van der Waals surface area contributed by atoms with Crippen LogP contribution in [0.1, 0.15) is 31.0 Å². The van der Waals surface area contributed by atoms with Gasteiger partial charge in [0, 0.05) is 18.8 Å². The van der Waals surface area contributed by atoms with Crippen molar-refractivity contribution in [3.05, 3.63) is 41.6 Å². The van der Waals surface area contributed by atoms with Gasteiger partial charge >= 0.3 is 0 Å². The first-order valence-corrected chi connectivity index (χ1v) is 6.39. The zero-order chi connectivity index (χ0) is 13.8. The van der Waals surface area contributed by atoms with Gasteiger partial charge in [0.15, 0.2) is 0 Å². The minimum Gasteiger partial charge on any atom is -0.439 e. The molecule has 0 spiro atoms. The summed E-state index contributed by atoms with van der Waals surface area (Å²) in [5.41, 5.74) is 2.16. The number of benzene rings is 1. The van der Waals surface area contributed by atoms with Crippen LogP contribution in [0.4, 0.5) is 5.95 Å². The maximum atomic E-state index is 5.75. The van der Waals surface area contributed by atoms with E-state index in [9.17, 15) is 0 Å². The van der Waals surface area contributed by atoms with Crippen molar-refractivity contribution >= 4 is 5.95 Å². The van der Waals surface area contributed by atoms with Crippen LogP contribution >= 0.6 is 0 Å². The number of rotatable bonds is 4. The summed E-state index contributed by atoms with van der Waals surface area (Å²) in [6.07, 6.45) is 0. The number of hydrogen-bond donors (Lipinski definition) is 1. The molecule has 0 unspecified atom stereocenters. The van der Waals surface area contributed by atoms with E-state index in [1.807, 2.05) is 25.1 Å². The lowest BCUT2D eigenvalue weighted by atomic mass is 10.0. The maximum absolute atomic E-state index is 5.75. The first-order chi connectivity index (χ1) is 9.08. The molecule has 100 valence electrons. The second-order valence-corrected chi connectivity index (χ2v) is 4.75. The first kappa shape index (κ1) is 13.3. The number of aromatic nitrogens is 2. The van der Waals surface area contributed by atoms with E-state index in [1.54, 1.807) is 7.05 Å². The normalized spacial score (nSPS) is 10.6. The molecule has 0 fully saturated rings. The number of nitrogens with zero attached hydrogens (tertiary/aromatic N) is 2. The summed E-state index contributed by atoms with van der Waals surface area (Å²) < 4.78 is 5.75. The van der Waals surface area contributed by atoms with E-state index in [2.05, 4.69) is 41.3 Å². The summed E-state index contributed by atoms with van der Waals surface area (Å²) in [4.78, 5) is 8.49. The van der Waals surface area contributed by atoms with Gasteiger partial charge in [-0.1, -0.05) is 26.0 Å². The average molecular weight is 257 g/mol. The maximum Gasteiger partial charge on any atom is 0.225 e. The second kappa shape index (κ2) is 5.69. The molecule has 1 aromatic carbocycles. The molecular weight excluding hydrogens is 238 g/mol. The molecule has 1 aromatic heterocycles. The van der Waals surface area contributed by atoms with Gasteiger partial charge in [-0.15, -0.1) is 0 Å². The Kier molecular flexibility index (Phi) is 4.00. The van der Waals surface area contributed by atoms with Gasteiger partial charge in [0.05, 0.1) is 0 Å². The molecule has 0 aliphatic rings. The highest BCUT2D eigenvalue weighted by atomic mass is 16.5. The molecule has 0 saturated heterocycles. The Balaban J connectivity index is 2.18. The molecule has 0 atom stereocenters. The van der Waals surface area contributed by atoms with Crippen molar-refractivity contribution in [2.24, 2.45) is 0 Å². The lowest BCUT2D eigenvalue weighted by Gasteiger charge is -2.09. The molecule has 2 rings (SSSR count). The molecule has 0 saturated carbocycles. The molecule has 0 aliphatic carbocycles. The van der Waals surface area contributed by atoms with E-state index < -0.39 is 0 Å². The van der Waals surface area contributed by atoms with E-state index in [1.165, 1.54) is 5.56 Å². The van der Waals surface area contributed by atoms with Gasteiger partial charge in [-0.25, -0.2) is 4.98 Å². The van der Waals surface area contributed by atoms with Crippen LogP contribution in [0.3, 0.4) is 0 Å². The molecule has 19 heavy (non-hydrogen) atoms. The van der Waals surface area contributed by atoms with Crippen molar-refractivity contribution in [3.8, 4) is 11.6 Å². The van der Waals surface area contributed by atoms with Crippen molar-refractivity contribution in [1.82, 2.24) is 9.97 Å². The Morgan fingerprint density at radius 3 is 2.37 bits per heavy atom. The van der Waals surface area contributed by atoms with Gasteiger partial charge in [0.1, 0.15) is 5.75 Å². The van der Waals surface area contributed by atoms with Gasteiger partial charge in [-0.3, -0.25) is 0 Å². The predicted molar refractivity (Wildman–Crippen MR) is 76.9 cm³/mol. The summed E-state index contributed by atoms with van der Waals surface area (Å²) in [6, 6.07) is 9.90. The van der Waals surface area contributed by atoms with Gasteiger partial charge < -0.3 is 10.1 Å². The Labute approximate surface area is 113 Å². The monoisotopic (exact) mass is 257 g/mol. The van der Waals surface area contributed by atoms with Crippen molar-refractivity contribution in [3.63, 3.8) is 0 Å². The fourth-order valence-electron chi connectivity index (χ4n) is 1.75. The molecule has 0 aliphatic heterocycles. The Hall–Kier alpha value is -2.10. The van der Waals surface area contributed by atoms with Gasteiger partial charge in [-0.2, -0.15) is 4.98 Å². The van der Waals surface area contributed by atoms with Crippen LogP contribution < -0.4 is 10.1 Å². The lowest BCUT2D eigenvalue weighted by molar-refractivity contribution is 0.461. The summed E-state index contributed by atoms with van der Waals surface area (Å²) in [7, 11) is 1.79. The number of anilines is 1. The van der Waals surface area contributed by atoms with Crippen LogP contribution in [-0.4, -0.2) is 17.0 Å². The Morgan fingerprint density at radius 1 is 1.11 bits per heavy atom. The standard InChI is InChI=1S/C15H19N3O/c1-10(2)12-5-7-13(8-6-12)19-14-9-11(3)17-15(16-4)18-14/h5-10H,1-4H3,(H,16,17,18). The van der Waals surface area contributed by atoms with E-state index in [0.717, 1.165) is 11.4 Å². The fourth-order valence-corrected chi connectivity index (χ4v) is 1.75. The van der Waals surface area contributed by atoms with Crippen molar-refractivity contribution in [1.29, 1.82) is 0 Å². The number of hydrogen-bond acceptors (Lipinski definition) is 4. The molecule has 0 amide bonds. The highest BCUT2D eigenvalue weighted by Gasteiger charge is 2.04. The zero-order valence-electron chi connectivity index (χ0n) is 11.8. The lowest BCUT2D eigenvalue weighted by Crippen LogP contribution is -1.99. The van der Waals surface area contributed by atoms with Crippen molar-refractivity contribution < 1.29 is 4.74 Å². The third kappa shape index (κ3) is 3.44. The SMILES string of the molecule is CNc1nc(C)cc(Oc2ccc(C(C)C)cc2)n1. The van der Waals surface area contributed by atoms with Gasteiger partial charge in [0.2, 0.25) is 11.8 Å². The summed E-state index contributed by atoms with van der Waals surface area (Å²) in [5.74, 6) is 2.42. The molecule has 1 N–H and O–H groups in total. The topological polar surface area (TPSA) is 47.0 Å². The van der Waals surface area contributed by atoms with E-state index in [-0.39, 0.29) is 0 Å². The fraction of sp³-hybridized carbons (Fsp3) is 0.333. The third-order valence-electron chi connectivity index (χ3n) is 2.82. The molecule has 4 heteroatoms. The summed E-state index contributed by atoms with van der Waals surface area (Å²) in [6.45, 7) is 6.25. The van der Waals surface area contributed by atoms with Crippen molar-refractivity contribution in [2.75, 3.05) is 12.4 Å². The summed E-state index contributed by atoms with van der Waals surface area (Å²) in [5, 5.41) is 2.92. The van der Waals surface area contributed by atoms with Crippen LogP contribution in [0.15, 0.2) is 30.3 Å². The summed E-state index contributed by atoms with van der Waals surface area (Å²) >= 11 is 0. The second-order valence-electron chi connectivity index (χ2n) is 4.75. The predicted octanol–water partition coefficient (Wildman–Crippen LogP) is 3.74. The highest BCUT2D eigenvalue weighted by Crippen LogP contribution is 2.23. The van der Waals surface area contributed by atoms with E-state index >= 15 is 0 Å². The largest absolute Gasteiger partial charge is 0.439 e. The number of aryl methyl sites for hydroxylation is 1. The zero-order valence-corrected chi connectivity index (χ0v) is 11.8. The molecule has 2 aromatic rings. The third-order valence-corrected chi connectivity index (χ3v) is 2.82. The van der Waals surface area contributed by atoms with Crippen molar-refractivity contribution in [2.45, 2.75) is 26.7 Å². The van der Waals surface area contributed by atoms with Gasteiger partial charge in [0.25, 0.3) is 0 Å². The molecule has 0 bridgehead atoms.